The largest absolute Gasteiger partial charge is 0.311 e. The zero-order valence-electron chi connectivity index (χ0n) is 38.5. The Balaban J connectivity index is 0.926. The lowest BCUT2D eigenvalue weighted by Gasteiger charge is -2.26. The zero-order chi connectivity index (χ0) is 46.4. The van der Waals surface area contributed by atoms with E-state index in [1.54, 1.807) is 0 Å². The van der Waals surface area contributed by atoms with Gasteiger partial charge in [0.25, 0.3) is 0 Å². The molecule has 2 heteroatoms. The number of fused-ring (bicyclic) bond motifs is 5. The van der Waals surface area contributed by atoms with Crippen molar-refractivity contribution < 1.29 is 0 Å². The molecule has 0 saturated carbocycles. The summed E-state index contributed by atoms with van der Waals surface area (Å²) in [6.45, 7) is 0. The van der Waals surface area contributed by atoms with Crippen LogP contribution in [0.15, 0.2) is 279 Å². The molecule has 0 spiro atoms. The van der Waals surface area contributed by atoms with Crippen LogP contribution < -0.4 is 4.90 Å². The lowest BCUT2D eigenvalue weighted by atomic mass is 9.91. The predicted molar refractivity (Wildman–Crippen MR) is 298 cm³/mol. The number of para-hydroxylation sites is 3. The number of hydrogen-bond acceptors (Lipinski definition) is 1. The van der Waals surface area contributed by atoms with Crippen LogP contribution in [0.5, 0.6) is 0 Å². The van der Waals surface area contributed by atoms with Gasteiger partial charge in [0.15, 0.2) is 0 Å². The van der Waals surface area contributed by atoms with E-state index in [-0.39, 0.29) is 0 Å². The molecule has 0 aliphatic carbocycles. The van der Waals surface area contributed by atoms with Crippen LogP contribution in [0, 0.1) is 0 Å². The summed E-state index contributed by atoms with van der Waals surface area (Å²) >= 11 is 0. The van der Waals surface area contributed by atoms with E-state index < -0.39 is 0 Å². The minimum atomic E-state index is 1.08. The first-order valence-corrected chi connectivity index (χ1v) is 24.1. The molecule has 13 aromatic rings. The van der Waals surface area contributed by atoms with Crippen LogP contribution in [0.1, 0.15) is 0 Å². The Morgan fingerprint density at radius 3 is 0.957 bits per heavy atom. The molecule has 12 aromatic carbocycles. The van der Waals surface area contributed by atoms with Crippen LogP contribution in [-0.4, -0.2) is 4.57 Å². The third-order valence-corrected chi connectivity index (χ3v) is 14.0. The summed E-state index contributed by atoms with van der Waals surface area (Å²) in [5.41, 5.74) is 18.8. The van der Waals surface area contributed by atoms with Crippen molar-refractivity contribution in [1.82, 2.24) is 4.57 Å². The van der Waals surface area contributed by atoms with E-state index in [1.807, 2.05) is 0 Å². The fourth-order valence-electron chi connectivity index (χ4n) is 10.8. The molecule has 0 aliphatic heterocycles. The van der Waals surface area contributed by atoms with Gasteiger partial charge in [-0.2, -0.15) is 0 Å². The first-order chi connectivity index (χ1) is 34.7. The maximum Gasteiger partial charge on any atom is 0.0541 e. The van der Waals surface area contributed by atoms with Gasteiger partial charge in [-0.15, -0.1) is 0 Å². The predicted octanol–water partition coefficient (Wildman–Crippen LogP) is 18.9. The molecule has 70 heavy (non-hydrogen) atoms. The van der Waals surface area contributed by atoms with Gasteiger partial charge in [-0.05, 0) is 126 Å². The van der Waals surface area contributed by atoms with Crippen LogP contribution in [0.2, 0.25) is 0 Å². The van der Waals surface area contributed by atoms with Gasteiger partial charge in [0, 0.05) is 33.4 Å². The molecule has 0 amide bonds. The van der Waals surface area contributed by atoms with E-state index in [2.05, 4.69) is 289 Å². The SMILES string of the molecule is c1ccc(-c2cccc3cccc(-c4ccc(N(c5ccc(-c6ccccc6-n6c7ccccc7c7ccccc76)cc5)c5ccc(-c6cccc7cccc(-c8ccccc8)c67)cc5)cc4)c23)cc1. The second kappa shape index (κ2) is 17.4. The molecular formula is C68H46N2. The maximum atomic E-state index is 2.42. The third kappa shape index (κ3) is 7.13. The molecule has 1 aromatic heterocycles. The van der Waals surface area contributed by atoms with Gasteiger partial charge >= 0.3 is 0 Å². The summed E-state index contributed by atoms with van der Waals surface area (Å²) in [5, 5.41) is 7.49. The Bertz CT molecular complexity index is 3790. The van der Waals surface area contributed by atoms with Gasteiger partial charge in [0.05, 0.1) is 16.7 Å². The van der Waals surface area contributed by atoms with Gasteiger partial charge in [0.1, 0.15) is 0 Å². The van der Waals surface area contributed by atoms with Gasteiger partial charge in [-0.25, -0.2) is 0 Å². The molecule has 13 rings (SSSR count). The second-order valence-electron chi connectivity index (χ2n) is 18.0. The zero-order valence-corrected chi connectivity index (χ0v) is 38.5. The highest BCUT2D eigenvalue weighted by molar-refractivity contribution is 6.10. The Labute approximate surface area is 408 Å². The molecular weight excluding hydrogens is 845 g/mol. The highest BCUT2D eigenvalue weighted by atomic mass is 15.1. The summed E-state index contributed by atoms with van der Waals surface area (Å²) in [6.07, 6.45) is 0. The molecule has 1 heterocycles. The highest BCUT2D eigenvalue weighted by Crippen LogP contribution is 2.43. The Hall–Kier alpha value is -9.24. The topological polar surface area (TPSA) is 8.17 Å². The second-order valence-corrected chi connectivity index (χ2v) is 18.0. The lowest BCUT2D eigenvalue weighted by Crippen LogP contribution is -2.10. The number of anilines is 3. The van der Waals surface area contributed by atoms with Crippen molar-refractivity contribution >= 4 is 60.4 Å². The van der Waals surface area contributed by atoms with E-state index in [1.165, 1.54) is 93.4 Å². The fourth-order valence-corrected chi connectivity index (χ4v) is 10.8. The lowest BCUT2D eigenvalue weighted by molar-refractivity contribution is 1.18. The standard InChI is InChI=1S/C68H46N2/c1-3-17-47(18-4-1)58-28-13-21-52-23-15-30-60(67(52)58)50-37-43-55(44-38-50)69(56-45-39-51(40-46-56)61-31-16-24-53-22-14-29-59(68(53)61)48-19-5-2-6-20-48)54-41-35-49(36-42-54)57-25-7-10-32-64(57)70-65-33-11-8-26-62(65)63-27-9-12-34-66(63)70/h1-46H. The summed E-state index contributed by atoms with van der Waals surface area (Å²) in [4.78, 5) is 2.38. The first kappa shape index (κ1) is 41.0. The third-order valence-electron chi connectivity index (χ3n) is 14.0. The minimum Gasteiger partial charge on any atom is -0.311 e. The molecule has 0 bridgehead atoms. The summed E-state index contributed by atoms with van der Waals surface area (Å²) in [5.74, 6) is 0. The van der Waals surface area contributed by atoms with Crippen molar-refractivity contribution in [3.8, 4) is 61.3 Å². The summed E-state index contributed by atoms with van der Waals surface area (Å²) < 4.78 is 2.42. The van der Waals surface area contributed by atoms with Crippen molar-refractivity contribution in [1.29, 1.82) is 0 Å². The molecule has 0 radical (unpaired) electrons. The van der Waals surface area contributed by atoms with Crippen molar-refractivity contribution in [2.75, 3.05) is 4.90 Å². The van der Waals surface area contributed by atoms with Crippen molar-refractivity contribution in [2.45, 2.75) is 0 Å². The maximum absolute atomic E-state index is 2.42. The number of hydrogen-bond donors (Lipinski definition) is 0. The first-order valence-electron chi connectivity index (χ1n) is 24.1. The smallest absolute Gasteiger partial charge is 0.0541 e. The number of aromatic nitrogens is 1. The molecule has 0 fully saturated rings. The van der Waals surface area contributed by atoms with Gasteiger partial charge in [-0.1, -0.05) is 224 Å². The van der Waals surface area contributed by atoms with Crippen LogP contribution >= 0.6 is 0 Å². The van der Waals surface area contributed by atoms with Crippen molar-refractivity contribution in [2.24, 2.45) is 0 Å². The molecule has 0 unspecified atom stereocenters. The fraction of sp³-hybridized carbons (Fsp3) is 0. The monoisotopic (exact) mass is 890 g/mol. The van der Waals surface area contributed by atoms with Crippen LogP contribution in [-0.2, 0) is 0 Å². The molecule has 328 valence electrons. The van der Waals surface area contributed by atoms with Gasteiger partial charge < -0.3 is 9.47 Å². The Kier molecular flexibility index (Phi) is 10.2. The molecule has 2 nitrogen and oxygen atoms in total. The number of benzene rings is 12. The molecule has 0 aliphatic rings. The summed E-state index contributed by atoms with van der Waals surface area (Å²) in [6, 6.07) is 102. The van der Waals surface area contributed by atoms with E-state index in [0.29, 0.717) is 0 Å². The molecule has 0 atom stereocenters. The highest BCUT2D eigenvalue weighted by Gasteiger charge is 2.19. The molecule has 0 N–H and O–H groups in total. The van der Waals surface area contributed by atoms with Crippen molar-refractivity contribution in [3.63, 3.8) is 0 Å². The molecule has 0 saturated heterocycles. The summed E-state index contributed by atoms with van der Waals surface area (Å²) in [7, 11) is 0. The number of nitrogens with zero attached hydrogens (tertiary/aromatic N) is 2. The van der Waals surface area contributed by atoms with Crippen LogP contribution in [0.4, 0.5) is 17.1 Å². The van der Waals surface area contributed by atoms with E-state index >= 15 is 0 Å². The average molecular weight is 891 g/mol. The van der Waals surface area contributed by atoms with Crippen LogP contribution in [0.3, 0.4) is 0 Å². The van der Waals surface area contributed by atoms with Crippen LogP contribution in [0.25, 0.3) is 105 Å². The Morgan fingerprint density at radius 1 is 0.229 bits per heavy atom. The quantitative estimate of drug-likeness (QED) is 0.140. The van der Waals surface area contributed by atoms with E-state index in [0.717, 1.165) is 28.3 Å². The average Bonchev–Trinajstić information content (AvgIpc) is 3.78. The van der Waals surface area contributed by atoms with E-state index in [4.69, 9.17) is 0 Å². The normalized spacial score (nSPS) is 11.4. The Morgan fingerprint density at radius 2 is 0.543 bits per heavy atom. The van der Waals surface area contributed by atoms with E-state index in [9.17, 15) is 0 Å². The van der Waals surface area contributed by atoms with Crippen molar-refractivity contribution in [3.05, 3.63) is 279 Å². The van der Waals surface area contributed by atoms with Gasteiger partial charge in [-0.3, -0.25) is 0 Å². The minimum absolute atomic E-state index is 1.08. The number of rotatable bonds is 9. The van der Waals surface area contributed by atoms with Gasteiger partial charge in [0.2, 0.25) is 0 Å².